The van der Waals surface area contributed by atoms with Gasteiger partial charge in [0.15, 0.2) is 11.5 Å². The van der Waals surface area contributed by atoms with Crippen LogP contribution in [-0.2, 0) is 4.74 Å². The molecule has 2 amide bonds. The summed E-state index contributed by atoms with van der Waals surface area (Å²) >= 11 is 0. The molecule has 8 nitrogen and oxygen atoms in total. The molecule has 32 heavy (non-hydrogen) atoms. The number of nitrogens with zero attached hydrogens (tertiary/aromatic N) is 1. The molecule has 1 aliphatic heterocycles. The van der Waals surface area contributed by atoms with Crippen molar-refractivity contribution in [2.75, 3.05) is 33.0 Å². The summed E-state index contributed by atoms with van der Waals surface area (Å²) in [6.45, 7) is 6.93. The quantitative estimate of drug-likeness (QED) is 0.298. The monoisotopic (exact) mass is 441 g/mol. The Morgan fingerprint density at radius 2 is 1.38 bits per heavy atom. The lowest BCUT2D eigenvalue weighted by molar-refractivity contribution is 0.0481. The van der Waals surface area contributed by atoms with E-state index in [1.54, 1.807) is 36.4 Å². The molecule has 0 aromatic heterocycles. The molecule has 3 rings (SSSR count). The van der Waals surface area contributed by atoms with Gasteiger partial charge in [-0.15, -0.1) is 0 Å². The van der Waals surface area contributed by atoms with Crippen molar-refractivity contribution < 1.29 is 33.3 Å². The van der Waals surface area contributed by atoms with Gasteiger partial charge in [0.1, 0.15) is 0 Å². The van der Waals surface area contributed by atoms with Crippen LogP contribution in [0.2, 0.25) is 0 Å². The minimum Gasteiger partial charge on any atom is -0.490 e. The van der Waals surface area contributed by atoms with Gasteiger partial charge in [-0.3, -0.25) is 14.5 Å². The average Bonchev–Trinajstić information content (AvgIpc) is 3.03. The van der Waals surface area contributed by atoms with Gasteiger partial charge in [-0.1, -0.05) is 12.1 Å². The van der Waals surface area contributed by atoms with E-state index in [0.29, 0.717) is 54.6 Å². The molecule has 0 aliphatic carbocycles. The second-order valence-electron chi connectivity index (χ2n) is 6.90. The van der Waals surface area contributed by atoms with Crippen LogP contribution in [0.3, 0.4) is 0 Å². The number of esters is 1. The Balaban J connectivity index is 1.62. The smallest absolute Gasteiger partial charge is 0.338 e. The highest BCUT2D eigenvalue weighted by Crippen LogP contribution is 2.39. The van der Waals surface area contributed by atoms with Gasteiger partial charge in [0.2, 0.25) is 5.75 Å². The van der Waals surface area contributed by atoms with Crippen LogP contribution < -0.4 is 14.2 Å². The second-order valence-corrected chi connectivity index (χ2v) is 6.90. The fraction of sp³-hybridized carbons (Fsp3) is 0.375. The number of rotatable bonds is 11. The summed E-state index contributed by atoms with van der Waals surface area (Å²) in [7, 11) is 0. The lowest BCUT2D eigenvalue weighted by atomic mass is 10.1. The lowest BCUT2D eigenvalue weighted by Gasteiger charge is -2.17. The topological polar surface area (TPSA) is 91.4 Å². The number of imide groups is 1. The summed E-state index contributed by atoms with van der Waals surface area (Å²) in [5.74, 6) is 0.0320. The third kappa shape index (κ3) is 4.85. The molecule has 0 saturated carbocycles. The van der Waals surface area contributed by atoms with E-state index in [-0.39, 0.29) is 30.5 Å². The van der Waals surface area contributed by atoms with Crippen molar-refractivity contribution in [3.05, 3.63) is 53.1 Å². The molecular formula is C24H27NO7. The van der Waals surface area contributed by atoms with Crippen LogP contribution in [-0.4, -0.2) is 55.7 Å². The zero-order valence-corrected chi connectivity index (χ0v) is 18.5. The first-order valence-electron chi connectivity index (χ1n) is 10.7. The van der Waals surface area contributed by atoms with Crippen molar-refractivity contribution in [1.29, 1.82) is 0 Å². The fourth-order valence-corrected chi connectivity index (χ4v) is 3.42. The molecule has 0 bridgehead atoms. The lowest BCUT2D eigenvalue weighted by Crippen LogP contribution is -2.31. The van der Waals surface area contributed by atoms with E-state index in [1.807, 2.05) is 20.8 Å². The highest BCUT2D eigenvalue weighted by Gasteiger charge is 2.34. The van der Waals surface area contributed by atoms with Gasteiger partial charge in [0, 0.05) is 6.54 Å². The highest BCUT2D eigenvalue weighted by molar-refractivity contribution is 6.21. The first-order chi connectivity index (χ1) is 15.5. The summed E-state index contributed by atoms with van der Waals surface area (Å²) in [6.07, 6.45) is 0.324. The van der Waals surface area contributed by atoms with Crippen molar-refractivity contribution in [3.8, 4) is 17.2 Å². The van der Waals surface area contributed by atoms with E-state index in [1.165, 1.54) is 4.90 Å². The largest absolute Gasteiger partial charge is 0.490 e. The van der Waals surface area contributed by atoms with Crippen LogP contribution in [0.15, 0.2) is 36.4 Å². The van der Waals surface area contributed by atoms with Gasteiger partial charge < -0.3 is 18.9 Å². The molecule has 1 heterocycles. The highest BCUT2D eigenvalue weighted by atomic mass is 16.5. The summed E-state index contributed by atoms with van der Waals surface area (Å²) in [4.78, 5) is 38.6. The number of ether oxygens (including phenoxy) is 4. The van der Waals surface area contributed by atoms with E-state index >= 15 is 0 Å². The third-order valence-electron chi connectivity index (χ3n) is 4.78. The Labute approximate surface area is 187 Å². The summed E-state index contributed by atoms with van der Waals surface area (Å²) in [5, 5.41) is 0. The molecule has 8 heteroatoms. The van der Waals surface area contributed by atoms with E-state index in [0.717, 1.165) is 0 Å². The molecule has 2 aromatic carbocycles. The molecule has 0 radical (unpaired) electrons. The van der Waals surface area contributed by atoms with Crippen LogP contribution in [0.5, 0.6) is 17.2 Å². The van der Waals surface area contributed by atoms with Gasteiger partial charge in [0.25, 0.3) is 11.8 Å². The Morgan fingerprint density at radius 1 is 0.844 bits per heavy atom. The summed E-state index contributed by atoms with van der Waals surface area (Å²) in [5.41, 5.74) is 1.06. The molecule has 0 unspecified atom stereocenters. The standard InChI is InChI=1S/C24H27NO7/c1-4-29-19-14-16(15-20(30-5-2)21(19)31-6-3)24(28)32-13-9-12-25-22(26)17-10-7-8-11-18(17)23(25)27/h7-8,10-11,14-15H,4-6,9,12-13H2,1-3H3. The zero-order chi connectivity index (χ0) is 23.1. The molecule has 0 spiro atoms. The van der Waals surface area contributed by atoms with E-state index in [2.05, 4.69) is 0 Å². The number of carbonyl (C=O) groups excluding carboxylic acids is 3. The van der Waals surface area contributed by atoms with Gasteiger partial charge in [-0.05, 0) is 51.5 Å². The molecule has 0 saturated heterocycles. The number of fused-ring (bicyclic) bond motifs is 1. The minimum absolute atomic E-state index is 0.0490. The predicted molar refractivity (Wildman–Crippen MR) is 117 cm³/mol. The average molecular weight is 441 g/mol. The van der Waals surface area contributed by atoms with E-state index < -0.39 is 5.97 Å². The Hall–Kier alpha value is -3.55. The number of carbonyl (C=O) groups is 3. The minimum atomic E-state index is -0.558. The van der Waals surface area contributed by atoms with Crippen LogP contribution in [0.1, 0.15) is 58.3 Å². The van der Waals surface area contributed by atoms with Gasteiger partial charge in [0.05, 0.1) is 43.1 Å². The first kappa shape index (κ1) is 23.1. The van der Waals surface area contributed by atoms with Crippen molar-refractivity contribution in [2.45, 2.75) is 27.2 Å². The van der Waals surface area contributed by atoms with Gasteiger partial charge in [-0.25, -0.2) is 4.79 Å². The van der Waals surface area contributed by atoms with Crippen molar-refractivity contribution in [3.63, 3.8) is 0 Å². The SMILES string of the molecule is CCOc1cc(C(=O)OCCCN2C(=O)c3ccccc3C2=O)cc(OCC)c1OCC. The first-order valence-corrected chi connectivity index (χ1v) is 10.7. The second kappa shape index (κ2) is 10.7. The molecule has 0 atom stereocenters. The summed E-state index contributed by atoms with van der Waals surface area (Å²) in [6, 6.07) is 9.83. The number of benzene rings is 2. The number of hydrogen-bond donors (Lipinski definition) is 0. The Bertz CT molecular complexity index is 940. The van der Waals surface area contributed by atoms with Crippen molar-refractivity contribution in [2.24, 2.45) is 0 Å². The maximum absolute atomic E-state index is 12.6. The molecule has 0 N–H and O–H groups in total. The third-order valence-corrected chi connectivity index (χ3v) is 4.78. The predicted octanol–water partition coefficient (Wildman–Crippen LogP) is 3.73. The maximum Gasteiger partial charge on any atom is 0.338 e. The van der Waals surface area contributed by atoms with E-state index in [4.69, 9.17) is 18.9 Å². The number of hydrogen-bond acceptors (Lipinski definition) is 7. The van der Waals surface area contributed by atoms with Crippen LogP contribution in [0.25, 0.3) is 0 Å². The Morgan fingerprint density at radius 3 is 1.88 bits per heavy atom. The molecule has 1 aliphatic rings. The van der Waals surface area contributed by atoms with Crippen molar-refractivity contribution >= 4 is 17.8 Å². The maximum atomic E-state index is 12.6. The van der Waals surface area contributed by atoms with Crippen LogP contribution in [0.4, 0.5) is 0 Å². The van der Waals surface area contributed by atoms with Gasteiger partial charge >= 0.3 is 5.97 Å². The fourth-order valence-electron chi connectivity index (χ4n) is 3.42. The molecule has 2 aromatic rings. The van der Waals surface area contributed by atoms with Crippen LogP contribution >= 0.6 is 0 Å². The molecule has 170 valence electrons. The summed E-state index contributed by atoms with van der Waals surface area (Å²) < 4.78 is 22.2. The Kier molecular flexibility index (Phi) is 7.70. The molecule has 0 fully saturated rings. The number of amides is 2. The van der Waals surface area contributed by atoms with Gasteiger partial charge in [-0.2, -0.15) is 0 Å². The molecular weight excluding hydrogens is 414 g/mol. The van der Waals surface area contributed by atoms with Crippen molar-refractivity contribution in [1.82, 2.24) is 4.90 Å². The van der Waals surface area contributed by atoms with E-state index in [9.17, 15) is 14.4 Å². The zero-order valence-electron chi connectivity index (χ0n) is 18.5. The normalized spacial score (nSPS) is 12.5. The van der Waals surface area contributed by atoms with Crippen LogP contribution in [0, 0.1) is 0 Å².